The number of para-hydroxylation sites is 2. The monoisotopic (exact) mass is 642 g/mol. The Bertz CT molecular complexity index is 1410. The molecule has 2 amide bonds. The van der Waals surface area contributed by atoms with Gasteiger partial charge in [0.25, 0.3) is 0 Å². The van der Waals surface area contributed by atoms with Crippen molar-refractivity contribution in [2.24, 2.45) is 0 Å². The van der Waals surface area contributed by atoms with Crippen LogP contribution in [0.2, 0.25) is 0 Å². The van der Waals surface area contributed by atoms with Crippen LogP contribution in [0.4, 0.5) is 4.79 Å². The zero-order chi connectivity index (χ0) is 33.1. The van der Waals surface area contributed by atoms with E-state index in [-0.39, 0.29) is 12.0 Å². The maximum Gasteiger partial charge on any atom is 0.324 e. The summed E-state index contributed by atoms with van der Waals surface area (Å²) in [7, 11) is 0. The third-order valence-electron chi connectivity index (χ3n) is 8.03. The molecule has 1 aliphatic rings. The summed E-state index contributed by atoms with van der Waals surface area (Å²) in [4.78, 5) is 15.3. The molecule has 0 aliphatic carbocycles. The molecule has 12 heteroatoms. The highest BCUT2D eigenvalue weighted by molar-refractivity contribution is 5.95. The Balaban J connectivity index is 1.34. The predicted molar refractivity (Wildman–Crippen MR) is 186 cm³/mol. The molecular formula is C35H50N10O2. The maximum absolute atomic E-state index is 13.4. The van der Waals surface area contributed by atoms with E-state index in [0.29, 0.717) is 43.6 Å². The first-order valence-corrected chi connectivity index (χ1v) is 16.8. The summed E-state index contributed by atoms with van der Waals surface area (Å²) < 4.78 is 7.93. The van der Waals surface area contributed by atoms with E-state index in [4.69, 9.17) is 15.6 Å². The molecule has 1 unspecified atom stereocenters. The van der Waals surface area contributed by atoms with Crippen LogP contribution in [-0.2, 0) is 0 Å². The van der Waals surface area contributed by atoms with Crippen molar-refractivity contribution in [1.29, 1.82) is 10.8 Å². The normalized spacial score (nSPS) is 16.0. The van der Waals surface area contributed by atoms with E-state index < -0.39 is 6.04 Å². The van der Waals surface area contributed by atoms with Gasteiger partial charge in [-0.3, -0.25) is 16.1 Å². The maximum atomic E-state index is 13.4. The molecule has 12 nitrogen and oxygen atoms in total. The molecule has 2 heterocycles. The molecule has 47 heavy (non-hydrogen) atoms. The van der Waals surface area contributed by atoms with Gasteiger partial charge in [0.1, 0.15) is 17.5 Å². The highest BCUT2D eigenvalue weighted by atomic mass is 16.5. The minimum absolute atomic E-state index is 0.106. The number of hydrogen-bond acceptors (Lipinski definition) is 6. The lowest BCUT2D eigenvalue weighted by Crippen LogP contribution is -2.48. The highest BCUT2D eigenvalue weighted by Gasteiger charge is 2.24. The number of ether oxygens (including phenoxy) is 1. The summed E-state index contributed by atoms with van der Waals surface area (Å²) in [5.74, 6) is 0.945. The van der Waals surface area contributed by atoms with Gasteiger partial charge in [0.15, 0.2) is 11.9 Å². The average molecular weight is 643 g/mol. The Labute approximate surface area is 278 Å². The van der Waals surface area contributed by atoms with E-state index in [2.05, 4.69) is 38.2 Å². The number of rotatable bonds is 13. The number of nitrogens with zero attached hydrogens (tertiary/aromatic N) is 4. The predicted octanol–water partition coefficient (Wildman–Crippen LogP) is 5.49. The van der Waals surface area contributed by atoms with Crippen LogP contribution >= 0.6 is 0 Å². The van der Waals surface area contributed by atoms with Crippen molar-refractivity contribution in [3.8, 4) is 11.4 Å². The van der Waals surface area contributed by atoms with Crippen molar-refractivity contribution < 1.29 is 9.53 Å². The van der Waals surface area contributed by atoms with Gasteiger partial charge in [-0.1, -0.05) is 86.2 Å². The summed E-state index contributed by atoms with van der Waals surface area (Å²) in [6, 6.07) is 16.6. The van der Waals surface area contributed by atoms with E-state index >= 15 is 0 Å². The van der Waals surface area contributed by atoms with E-state index in [9.17, 15) is 4.79 Å². The number of unbranched alkanes of at least 4 members (excludes halogenated alkanes) is 5. The smallest absolute Gasteiger partial charge is 0.324 e. The highest BCUT2D eigenvalue weighted by Crippen LogP contribution is 2.30. The number of carbonyl (C=O) groups is 1. The third-order valence-corrected chi connectivity index (χ3v) is 8.03. The number of urea groups is 1. The Morgan fingerprint density at radius 3 is 2.55 bits per heavy atom. The number of guanidine groups is 2. The summed E-state index contributed by atoms with van der Waals surface area (Å²) in [5.41, 5.74) is 2.29. The van der Waals surface area contributed by atoms with Crippen LogP contribution in [0.15, 0.2) is 73.4 Å². The third kappa shape index (κ3) is 11.8. The van der Waals surface area contributed by atoms with E-state index in [1.807, 2.05) is 65.7 Å². The number of fused-ring (bicyclic) bond motifs is 1. The molecule has 3 aromatic rings. The number of hydrogen-bond donors (Lipinski definition) is 6. The molecule has 0 spiro atoms. The number of carbonyl (C=O) groups excluding carboxylic acids is 1. The minimum Gasteiger partial charge on any atom is -0.493 e. The lowest BCUT2D eigenvalue weighted by Gasteiger charge is -2.25. The molecule has 0 radical (unpaired) electrons. The van der Waals surface area contributed by atoms with Gasteiger partial charge in [-0.15, -0.1) is 11.7 Å². The van der Waals surface area contributed by atoms with Gasteiger partial charge >= 0.3 is 6.03 Å². The Hall–Kier alpha value is -4.87. The number of amides is 2. The van der Waals surface area contributed by atoms with Gasteiger partial charge in [-0.05, 0) is 43.9 Å². The quantitative estimate of drug-likeness (QED) is 0.0624. The van der Waals surface area contributed by atoms with Gasteiger partial charge in [0.2, 0.25) is 0 Å². The lowest BCUT2D eigenvalue weighted by molar-refractivity contribution is 0.199. The number of nitrogens with one attached hydrogen (secondary N) is 6. The molecule has 1 aliphatic heterocycles. The molecule has 0 saturated heterocycles. The first-order chi connectivity index (χ1) is 23.0. The SMILES string of the molecule is C=CCNC(=N)NCCCCCCCCN1CCCCCCOc2ccccc2C(c2cn(-c3ccccc3)nn2)NC(=N)NC1=O. The molecule has 6 N–H and O–H groups in total. The Morgan fingerprint density at radius 2 is 1.72 bits per heavy atom. The fraction of sp³-hybridized carbons (Fsp3) is 0.457. The first kappa shape index (κ1) is 35.0. The molecule has 0 fully saturated rings. The second-order valence-electron chi connectivity index (χ2n) is 11.7. The molecule has 0 saturated carbocycles. The summed E-state index contributed by atoms with van der Waals surface area (Å²) in [5, 5.41) is 37.3. The number of benzene rings is 2. The molecule has 252 valence electrons. The molecule has 0 bridgehead atoms. The van der Waals surface area contributed by atoms with E-state index in [1.165, 1.54) is 0 Å². The van der Waals surface area contributed by atoms with Gasteiger partial charge in [0, 0.05) is 31.7 Å². The largest absolute Gasteiger partial charge is 0.493 e. The summed E-state index contributed by atoms with van der Waals surface area (Å²) in [6.45, 7) is 6.89. The summed E-state index contributed by atoms with van der Waals surface area (Å²) in [6.07, 6.45) is 13.7. The van der Waals surface area contributed by atoms with Crippen molar-refractivity contribution in [2.45, 2.75) is 70.3 Å². The molecular weight excluding hydrogens is 592 g/mol. The van der Waals surface area contributed by atoms with E-state index in [1.54, 1.807) is 10.8 Å². The van der Waals surface area contributed by atoms with Crippen molar-refractivity contribution in [3.63, 3.8) is 0 Å². The Kier molecular flexibility index (Phi) is 14.6. The van der Waals surface area contributed by atoms with Gasteiger partial charge < -0.3 is 25.6 Å². The molecule has 1 atom stereocenters. The van der Waals surface area contributed by atoms with Crippen LogP contribution in [0.25, 0.3) is 5.69 Å². The standard InChI is InChI=1S/C35H50N10O2/c1-2-22-38-33(36)39-23-14-5-3-4-6-15-24-44-25-16-7-8-17-26-47-31-21-13-12-20-29(31)32(40-34(37)41-35(44)46)30-27-45(43-42-30)28-18-10-9-11-19-28/h2,9-13,18-21,27,32H,1,3-8,14-17,22-26H2,(H3,36,38,39)(H3,37,40,41,46). The second kappa shape index (κ2) is 19.6. The average Bonchev–Trinajstić information content (AvgIpc) is 3.58. The van der Waals surface area contributed by atoms with Gasteiger partial charge in [-0.25, -0.2) is 9.48 Å². The second-order valence-corrected chi connectivity index (χ2v) is 11.7. The van der Waals surface area contributed by atoms with Crippen LogP contribution in [-0.4, -0.2) is 70.6 Å². The zero-order valence-electron chi connectivity index (χ0n) is 27.3. The fourth-order valence-electron chi connectivity index (χ4n) is 5.48. The minimum atomic E-state index is -0.570. The molecule has 1 aromatic heterocycles. The Morgan fingerprint density at radius 1 is 0.979 bits per heavy atom. The topological polar surface area (TPSA) is 156 Å². The van der Waals surface area contributed by atoms with Crippen LogP contribution in [0.3, 0.4) is 0 Å². The van der Waals surface area contributed by atoms with E-state index in [0.717, 1.165) is 82.0 Å². The van der Waals surface area contributed by atoms with Gasteiger partial charge in [0.05, 0.1) is 18.5 Å². The lowest BCUT2D eigenvalue weighted by atomic mass is 10.0. The van der Waals surface area contributed by atoms with Crippen molar-refractivity contribution in [1.82, 2.24) is 41.2 Å². The van der Waals surface area contributed by atoms with Crippen molar-refractivity contribution in [3.05, 3.63) is 84.7 Å². The number of aromatic nitrogens is 3. The van der Waals surface area contributed by atoms with Gasteiger partial charge in [-0.2, -0.15) is 0 Å². The first-order valence-electron chi connectivity index (χ1n) is 16.8. The van der Waals surface area contributed by atoms with Crippen LogP contribution in [0.1, 0.15) is 81.5 Å². The zero-order valence-corrected chi connectivity index (χ0v) is 27.3. The summed E-state index contributed by atoms with van der Waals surface area (Å²) >= 11 is 0. The van der Waals surface area contributed by atoms with Crippen LogP contribution < -0.4 is 26.0 Å². The van der Waals surface area contributed by atoms with Crippen molar-refractivity contribution >= 4 is 18.0 Å². The molecule has 2 aromatic carbocycles. The van der Waals surface area contributed by atoms with Crippen LogP contribution in [0.5, 0.6) is 5.75 Å². The van der Waals surface area contributed by atoms with Crippen molar-refractivity contribution in [2.75, 3.05) is 32.8 Å². The molecule has 4 rings (SSSR count). The van der Waals surface area contributed by atoms with Crippen LogP contribution in [0, 0.1) is 10.8 Å². The fourth-order valence-corrected chi connectivity index (χ4v) is 5.48.